The van der Waals surface area contributed by atoms with Gasteiger partial charge < -0.3 is 9.47 Å². The van der Waals surface area contributed by atoms with E-state index in [2.05, 4.69) is 69.5 Å². The lowest BCUT2D eigenvalue weighted by atomic mass is 10.00. The van der Waals surface area contributed by atoms with Crippen LogP contribution in [0, 0.1) is 0 Å². The summed E-state index contributed by atoms with van der Waals surface area (Å²) in [5.74, 6) is 0. The Bertz CT molecular complexity index is 628. The molecule has 0 saturated heterocycles. The smallest absolute Gasteiger partial charge is 0.105 e. The highest BCUT2D eigenvalue weighted by Crippen LogP contribution is 2.33. The van der Waals surface area contributed by atoms with E-state index in [1.54, 1.807) is 0 Å². The van der Waals surface area contributed by atoms with Crippen LogP contribution in [0.4, 0.5) is 0 Å². The molecule has 0 radical (unpaired) electrons. The lowest BCUT2D eigenvalue weighted by Crippen LogP contribution is -2.35. The van der Waals surface area contributed by atoms with Crippen molar-refractivity contribution in [2.45, 2.75) is 12.1 Å². The molecule has 2 atom stereocenters. The predicted octanol–water partition coefficient (Wildman–Crippen LogP) is 2.74. The van der Waals surface area contributed by atoms with Crippen molar-refractivity contribution in [3.63, 3.8) is 0 Å². The van der Waals surface area contributed by atoms with Gasteiger partial charge in [-0.15, -0.1) is 0 Å². The molecular formula is C15H13N3. The number of rotatable bonds is 0. The van der Waals surface area contributed by atoms with E-state index < -0.39 is 0 Å². The van der Waals surface area contributed by atoms with Crippen LogP contribution in [-0.4, -0.2) is 21.7 Å². The van der Waals surface area contributed by atoms with E-state index in [9.17, 15) is 0 Å². The first-order chi connectivity index (χ1) is 8.93. The van der Waals surface area contributed by atoms with Crippen LogP contribution in [0.3, 0.4) is 0 Å². The van der Waals surface area contributed by atoms with Crippen molar-refractivity contribution in [1.82, 2.24) is 9.47 Å². The minimum absolute atomic E-state index is 0.208. The zero-order valence-electron chi connectivity index (χ0n) is 9.85. The number of aliphatic imine (C=N–C) groups is 1. The topological polar surface area (TPSA) is 20.5 Å². The molecule has 1 aliphatic carbocycles. The van der Waals surface area contributed by atoms with E-state index >= 15 is 0 Å². The molecule has 2 unspecified atom stereocenters. The standard InChI is InChI=1S/C15H13N3/c1-2-5-13-12(4-1)11-17-8-3-6-14(17)15-10-16-7-9-18(13)15/h1-11,13,15H. The summed E-state index contributed by atoms with van der Waals surface area (Å²) in [6.45, 7) is 0. The fraction of sp³-hybridized carbons (Fsp3) is 0.133. The lowest BCUT2D eigenvalue weighted by Gasteiger charge is -2.34. The fourth-order valence-electron chi connectivity index (χ4n) is 2.78. The van der Waals surface area contributed by atoms with E-state index in [0.717, 1.165) is 0 Å². The first-order valence-corrected chi connectivity index (χ1v) is 6.14. The minimum atomic E-state index is 0.208. The maximum atomic E-state index is 4.29. The SMILES string of the molecule is C1=CC2=Cn3cccc3C3C=NC=CN3C2C=C1. The molecule has 1 aromatic rings. The van der Waals surface area contributed by atoms with Crippen molar-refractivity contribution in [3.05, 3.63) is 66.3 Å². The maximum absolute atomic E-state index is 4.29. The molecule has 0 spiro atoms. The van der Waals surface area contributed by atoms with Crippen LogP contribution in [-0.2, 0) is 0 Å². The number of hydrogen-bond donors (Lipinski definition) is 0. The zero-order valence-corrected chi connectivity index (χ0v) is 9.85. The van der Waals surface area contributed by atoms with Crippen molar-refractivity contribution in [2.24, 2.45) is 4.99 Å². The molecule has 0 fully saturated rings. The largest absolute Gasteiger partial charge is 0.352 e. The summed E-state index contributed by atoms with van der Waals surface area (Å²) in [5, 5.41) is 0. The Balaban J connectivity index is 1.93. The second kappa shape index (κ2) is 3.60. The molecule has 0 amide bonds. The molecule has 88 valence electrons. The first kappa shape index (κ1) is 9.71. The highest BCUT2D eigenvalue weighted by molar-refractivity contribution is 5.71. The summed E-state index contributed by atoms with van der Waals surface area (Å²) < 4.78 is 2.20. The molecule has 3 aliphatic rings. The third kappa shape index (κ3) is 1.27. The molecular weight excluding hydrogens is 222 g/mol. The summed E-state index contributed by atoms with van der Waals surface area (Å²) in [6.07, 6.45) is 18.9. The Hall–Kier alpha value is -2.29. The Morgan fingerprint density at radius 2 is 2.17 bits per heavy atom. The van der Waals surface area contributed by atoms with Crippen LogP contribution in [0.1, 0.15) is 11.7 Å². The molecule has 18 heavy (non-hydrogen) atoms. The molecule has 4 rings (SSSR count). The molecule has 0 bridgehead atoms. The fourth-order valence-corrected chi connectivity index (χ4v) is 2.78. The Labute approximate surface area is 106 Å². The summed E-state index contributed by atoms with van der Waals surface area (Å²) in [4.78, 5) is 6.64. The normalized spacial score (nSPS) is 27.3. The summed E-state index contributed by atoms with van der Waals surface area (Å²) in [7, 11) is 0. The van der Waals surface area contributed by atoms with E-state index in [1.165, 1.54) is 11.3 Å². The van der Waals surface area contributed by atoms with Gasteiger partial charge in [-0.3, -0.25) is 4.99 Å². The van der Waals surface area contributed by atoms with Crippen molar-refractivity contribution in [2.75, 3.05) is 0 Å². The highest BCUT2D eigenvalue weighted by atomic mass is 15.2. The van der Waals surface area contributed by atoms with Gasteiger partial charge in [0.2, 0.25) is 0 Å². The number of nitrogens with zero attached hydrogens (tertiary/aromatic N) is 3. The van der Waals surface area contributed by atoms with Gasteiger partial charge in [-0.05, 0) is 17.7 Å². The van der Waals surface area contributed by atoms with Gasteiger partial charge in [0, 0.05) is 31.0 Å². The van der Waals surface area contributed by atoms with E-state index in [-0.39, 0.29) is 6.04 Å². The van der Waals surface area contributed by atoms with Crippen molar-refractivity contribution < 1.29 is 0 Å². The Morgan fingerprint density at radius 3 is 3.17 bits per heavy atom. The van der Waals surface area contributed by atoms with Gasteiger partial charge in [0.25, 0.3) is 0 Å². The molecule has 0 aromatic carbocycles. The number of aromatic nitrogens is 1. The first-order valence-electron chi connectivity index (χ1n) is 6.14. The third-order valence-corrected chi connectivity index (χ3v) is 3.63. The van der Waals surface area contributed by atoms with Crippen LogP contribution in [0.2, 0.25) is 0 Å². The molecule has 3 heteroatoms. The van der Waals surface area contributed by atoms with Gasteiger partial charge in [-0.25, -0.2) is 0 Å². The molecule has 1 aromatic heterocycles. The number of fused-ring (bicyclic) bond motifs is 5. The average molecular weight is 235 g/mol. The van der Waals surface area contributed by atoms with Crippen LogP contribution in [0.15, 0.2) is 65.6 Å². The zero-order chi connectivity index (χ0) is 11.9. The third-order valence-electron chi connectivity index (χ3n) is 3.63. The summed E-state index contributed by atoms with van der Waals surface area (Å²) in [6, 6.07) is 4.74. The van der Waals surface area contributed by atoms with Crippen LogP contribution in [0.5, 0.6) is 0 Å². The second-order valence-electron chi connectivity index (χ2n) is 4.65. The van der Waals surface area contributed by atoms with Gasteiger partial charge in [0.1, 0.15) is 6.04 Å². The Morgan fingerprint density at radius 1 is 1.17 bits per heavy atom. The van der Waals surface area contributed by atoms with Crippen LogP contribution >= 0.6 is 0 Å². The quantitative estimate of drug-likeness (QED) is 0.677. The van der Waals surface area contributed by atoms with Crippen LogP contribution < -0.4 is 0 Å². The van der Waals surface area contributed by atoms with Crippen molar-refractivity contribution >= 4 is 12.4 Å². The summed E-state index contributed by atoms with van der Waals surface area (Å²) in [5.41, 5.74) is 2.56. The number of hydrogen-bond acceptors (Lipinski definition) is 2. The van der Waals surface area contributed by atoms with E-state index in [4.69, 9.17) is 0 Å². The molecule has 3 heterocycles. The molecule has 0 N–H and O–H groups in total. The highest BCUT2D eigenvalue weighted by Gasteiger charge is 2.30. The Kier molecular flexibility index (Phi) is 1.94. The lowest BCUT2D eigenvalue weighted by molar-refractivity contribution is 0.317. The minimum Gasteiger partial charge on any atom is -0.352 e. The van der Waals surface area contributed by atoms with Gasteiger partial charge >= 0.3 is 0 Å². The average Bonchev–Trinajstić information content (AvgIpc) is 2.83. The van der Waals surface area contributed by atoms with Crippen LogP contribution in [0.25, 0.3) is 6.20 Å². The van der Waals surface area contributed by atoms with Gasteiger partial charge in [0.15, 0.2) is 0 Å². The van der Waals surface area contributed by atoms with Gasteiger partial charge in [-0.1, -0.05) is 24.3 Å². The molecule has 2 aliphatic heterocycles. The maximum Gasteiger partial charge on any atom is 0.105 e. The van der Waals surface area contributed by atoms with Crippen molar-refractivity contribution in [3.8, 4) is 0 Å². The van der Waals surface area contributed by atoms with Crippen molar-refractivity contribution in [1.29, 1.82) is 0 Å². The van der Waals surface area contributed by atoms with Gasteiger partial charge in [0.05, 0.1) is 11.7 Å². The summed E-state index contributed by atoms with van der Waals surface area (Å²) >= 11 is 0. The monoisotopic (exact) mass is 235 g/mol. The van der Waals surface area contributed by atoms with E-state index in [1.807, 2.05) is 12.4 Å². The molecule has 0 saturated carbocycles. The van der Waals surface area contributed by atoms with E-state index in [0.29, 0.717) is 6.04 Å². The molecule has 3 nitrogen and oxygen atoms in total. The van der Waals surface area contributed by atoms with Gasteiger partial charge in [-0.2, -0.15) is 0 Å². The second-order valence-corrected chi connectivity index (χ2v) is 4.65. The number of allylic oxidation sites excluding steroid dienone is 2. The predicted molar refractivity (Wildman–Crippen MR) is 73.0 cm³/mol.